The quantitative estimate of drug-likeness (QED) is 0.849. The summed E-state index contributed by atoms with van der Waals surface area (Å²) in [5.41, 5.74) is 0.741. The predicted molar refractivity (Wildman–Crippen MR) is 90.5 cm³/mol. The molecule has 1 spiro atoms. The van der Waals surface area contributed by atoms with Gasteiger partial charge in [0.25, 0.3) is 5.91 Å². The van der Waals surface area contributed by atoms with E-state index in [0.717, 1.165) is 5.71 Å². The van der Waals surface area contributed by atoms with E-state index in [2.05, 4.69) is 5.16 Å². The number of oxime groups is 1. The van der Waals surface area contributed by atoms with Crippen molar-refractivity contribution < 1.29 is 19.6 Å². The van der Waals surface area contributed by atoms with Gasteiger partial charge in [-0.15, -0.1) is 0 Å². The number of hydroxylamine groups is 2. The number of rotatable bonds is 3. The molecule has 1 aromatic carbocycles. The fraction of sp³-hybridized carbons (Fsp3) is 0.412. The van der Waals surface area contributed by atoms with Gasteiger partial charge in [-0.3, -0.25) is 9.63 Å². The summed E-state index contributed by atoms with van der Waals surface area (Å²) in [5, 5.41) is 16.6. The molecule has 7 heteroatoms. The van der Waals surface area contributed by atoms with Gasteiger partial charge in [0.05, 0.1) is 18.4 Å². The highest BCUT2D eigenvalue weighted by Crippen LogP contribution is 2.47. The Morgan fingerprint density at radius 2 is 1.92 bits per heavy atom. The summed E-state index contributed by atoms with van der Waals surface area (Å²) in [4.78, 5) is 23.0. The van der Waals surface area contributed by atoms with E-state index in [0.29, 0.717) is 36.3 Å². The number of amides is 1. The molecule has 1 amide bonds. The molecule has 0 unspecified atom stereocenters. The first kappa shape index (κ1) is 16.8. The number of carbonyl (C=O) groups is 1. The highest BCUT2D eigenvalue weighted by molar-refractivity contribution is 6.35. The molecule has 6 nitrogen and oxygen atoms in total. The number of hydrogen-bond donors (Lipinski definition) is 1. The van der Waals surface area contributed by atoms with E-state index in [1.54, 1.807) is 24.3 Å². The van der Waals surface area contributed by atoms with Gasteiger partial charge in [-0.05, 0) is 31.7 Å². The van der Waals surface area contributed by atoms with Crippen LogP contribution in [0.25, 0.3) is 5.57 Å². The van der Waals surface area contributed by atoms with Crippen molar-refractivity contribution in [3.05, 3.63) is 40.6 Å². The normalized spacial score (nSPS) is 24.0. The molecule has 0 radical (unpaired) electrons. The SMILES string of the molecule is CON=C1CCC2(CC1)C(O)=C(c1ccccc1Cl)C(=O)N2OC. The van der Waals surface area contributed by atoms with Crippen LogP contribution >= 0.6 is 11.6 Å². The van der Waals surface area contributed by atoms with E-state index in [1.807, 2.05) is 0 Å². The van der Waals surface area contributed by atoms with Crippen molar-refractivity contribution in [1.29, 1.82) is 0 Å². The molecule has 1 aliphatic carbocycles. The topological polar surface area (TPSA) is 71.4 Å². The molecule has 1 aliphatic heterocycles. The maximum atomic E-state index is 12.8. The minimum atomic E-state index is -0.882. The summed E-state index contributed by atoms with van der Waals surface area (Å²) < 4.78 is 0. The second kappa shape index (κ2) is 6.45. The lowest BCUT2D eigenvalue weighted by molar-refractivity contribution is -0.198. The average Bonchev–Trinajstić information content (AvgIpc) is 2.78. The van der Waals surface area contributed by atoms with Gasteiger partial charge in [0.2, 0.25) is 0 Å². The maximum absolute atomic E-state index is 12.8. The fourth-order valence-corrected chi connectivity index (χ4v) is 3.73. The Morgan fingerprint density at radius 1 is 1.25 bits per heavy atom. The zero-order valence-electron chi connectivity index (χ0n) is 13.6. The molecule has 128 valence electrons. The number of aliphatic hydroxyl groups is 1. The molecule has 1 N–H and O–H groups in total. The summed E-state index contributed by atoms with van der Waals surface area (Å²) in [6, 6.07) is 6.97. The van der Waals surface area contributed by atoms with E-state index in [4.69, 9.17) is 21.3 Å². The van der Waals surface area contributed by atoms with Crippen molar-refractivity contribution in [3.8, 4) is 0 Å². The zero-order chi connectivity index (χ0) is 17.3. The lowest BCUT2D eigenvalue weighted by Gasteiger charge is -2.39. The Bertz CT molecular complexity index is 719. The van der Waals surface area contributed by atoms with Gasteiger partial charge < -0.3 is 9.94 Å². The molecule has 3 rings (SSSR count). The first-order valence-corrected chi connectivity index (χ1v) is 8.09. The van der Waals surface area contributed by atoms with Gasteiger partial charge in [0.15, 0.2) is 0 Å². The third-order valence-electron chi connectivity index (χ3n) is 4.67. The van der Waals surface area contributed by atoms with Gasteiger partial charge in [-0.1, -0.05) is 35.0 Å². The fourth-order valence-electron chi connectivity index (χ4n) is 3.50. The van der Waals surface area contributed by atoms with Crippen LogP contribution < -0.4 is 0 Å². The van der Waals surface area contributed by atoms with Crippen LogP contribution in [-0.4, -0.2) is 41.5 Å². The second-order valence-electron chi connectivity index (χ2n) is 5.86. The lowest BCUT2D eigenvalue weighted by Crippen LogP contribution is -2.50. The average molecular weight is 351 g/mol. The third-order valence-corrected chi connectivity index (χ3v) is 4.99. The van der Waals surface area contributed by atoms with Crippen molar-refractivity contribution in [2.75, 3.05) is 14.2 Å². The van der Waals surface area contributed by atoms with Crippen molar-refractivity contribution in [2.24, 2.45) is 5.16 Å². The minimum absolute atomic E-state index is 0.0129. The first-order chi connectivity index (χ1) is 11.5. The van der Waals surface area contributed by atoms with Gasteiger partial charge in [0.1, 0.15) is 18.4 Å². The molecular weight excluding hydrogens is 332 g/mol. The van der Waals surface area contributed by atoms with Gasteiger partial charge in [0, 0.05) is 10.6 Å². The van der Waals surface area contributed by atoms with E-state index < -0.39 is 5.54 Å². The molecule has 0 bridgehead atoms. The lowest BCUT2D eigenvalue weighted by atomic mass is 9.79. The van der Waals surface area contributed by atoms with Crippen LogP contribution in [0.1, 0.15) is 31.2 Å². The Hall–Kier alpha value is -2.05. The van der Waals surface area contributed by atoms with E-state index >= 15 is 0 Å². The number of carbonyl (C=O) groups excluding carboxylic acids is 1. The van der Waals surface area contributed by atoms with E-state index in [-0.39, 0.29) is 17.2 Å². The summed E-state index contributed by atoms with van der Waals surface area (Å²) in [6.07, 6.45) is 2.24. The van der Waals surface area contributed by atoms with Gasteiger partial charge in [-0.2, -0.15) is 0 Å². The van der Waals surface area contributed by atoms with Crippen LogP contribution in [0.2, 0.25) is 5.02 Å². The van der Waals surface area contributed by atoms with E-state index in [9.17, 15) is 9.90 Å². The molecule has 0 saturated heterocycles. The predicted octanol–water partition coefficient (Wildman–Crippen LogP) is 3.33. The van der Waals surface area contributed by atoms with Crippen molar-refractivity contribution in [3.63, 3.8) is 0 Å². The smallest absolute Gasteiger partial charge is 0.282 e. The van der Waals surface area contributed by atoms with Crippen LogP contribution in [0.5, 0.6) is 0 Å². The number of nitrogens with zero attached hydrogens (tertiary/aromatic N) is 2. The molecule has 24 heavy (non-hydrogen) atoms. The largest absolute Gasteiger partial charge is 0.509 e. The first-order valence-electron chi connectivity index (χ1n) is 7.71. The van der Waals surface area contributed by atoms with Gasteiger partial charge in [-0.25, -0.2) is 5.06 Å². The molecule has 1 saturated carbocycles. The van der Waals surface area contributed by atoms with E-state index in [1.165, 1.54) is 19.3 Å². The highest BCUT2D eigenvalue weighted by Gasteiger charge is 2.54. The van der Waals surface area contributed by atoms with Crippen molar-refractivity contribution in [2.45, 2.75) is 31.2 Å². The van der Waals surface area contributed by atoms with Crippen LogP contribution in [0.4, 0.5) is 0 Å². The summed E-state index contributed by atoms with van der Waals surface area (Å²) >= 11 is 6.23. The minimum Gasteiger partial charge on any atom is -0.509 e. The number of hydrogen-bond acceptors (Lipinski definition) is 5. The monoisotopic (exact) mass is 350 g/mol. The standard InChI is InChI=1S/C17H19ClN2O4/c1-23-19-11-7-9-17(10-8-11)15(21)14(16(22)20(17)24-2)12-5-3-4-6-13(12)18/h3-6,21H,7-10H2,1-2H3. The Balaban J connectivity index is 2.05. The van der Waals surface area contributed by atoms with Crippen molar-refractivity contribution in [1.82, 2.24) is 5.06 Å². The summed E-state index contributed by atoms with van der Waals surface area (Å²) in [5.74, 6) is -0.367. The molecule has 0 atom stereocenters. The summed E-state index contributed by atoms with van der Waals surface area (Å²) in [6.45, 7) is 0. The number of benzene rings is 1. The highest BCUT2D eigenvalue weighted by atomic mass is 35.5. The van der Waals surface area contributed by atoms with Gasteiger partial charge >= 0.3 is 0 Å². The Labute approximate surface area is 145 Å². The molecular formula is C17H19ClN2O4. The Kier molecular flexibility index (Phi) is 4.51. The second-order valence-corrected chi connectivity index (χ2v) is 6.26. The van der Waals surface area contributed by atoms with Crippen LogP contribution in [-0.2, 0) is 14.5 Å². The van der Waals surface area contributed by atoms with Crippen molar-refractivity contribution >= 4 is 28.8 Å². The molecule has 1 fully saturated rings. The number of halogens is 1. The van der Waals surface area contributed by atoms with Crippen LogP contribution in [0, 0.1) is 0 Å². The zero-order valence-corrected chi connectivity index (χ0v) is 14.3. The maximum Gasteiger partial charge on any atom is 0.282 e. The number of aliphatic hydroxyl groups excluding tert-OH is 1. The molecule has 0 aromatic heterocycles. The summed E-state index contributed by atoms with van der Waals surface area (Å²) in [7, 11) is 2.94. The van der Waals surface area contributed by atoms with Crippen LogP contribution in [0.15, 0.2) is 35.2 Å². The third kappa shape index (κ3) is 2.46. The molecule has 1 aromatic rings. The van der Waals surface area contributed by atoms with Crippen LogP contribution in [0.3, 0.4) is 0 Å². The molecule has 2 aliphatic rings. The Morgan fingerprint density at radius 3 is 2.50 bits per heavy atom. The molecule has 1 heterocycles.